The largest absolute Gasteiger partial charge is 0.378 e. The van der Waals surface area contributed by atoms with E-state index in [1.165, 1.54) is 16.0 Å². The lowest BCUT2D eigenvalue weighted by Crippen LogP contribution is -3.08. The molecule has 0 aliphatic carbocycles. The van der Waals surface area contributed by atoms with Crippen LogP contribution in [0.4, 0.5) is 11.4 Å². The Morgan fingerprint density at radius 2 is 1.71 bits per heavy atom. The second kappa shape index (κ2) is 10.9. The second-order valence-corrected chi connectivity index (χ2v) is 8.24. The molecule has 0 bridgehead atoms. The predicted molar refractivity (Wildman–Crippen MR) is 122 cm³/mol. The van der Waals surface area contributed by atoms with Crippen molar-refractivity contribution in [3.05, 3.63) is 59.7 Å². The molecular weight excluding hydrogens is 392 g/mol. The minimum absolute atomic E-state index is 0.0296. The minimum Gasteiger partial charge on any atom is -0.378 e. The zero-order valence-corrected chi connectivity index (χ0v) is 18.7. The van der Waals surface area contributed by atoms with Gasteiger partial charge in [0.05, 0.1) is 26.8 Å². The van der Waals surface area contributed by atoms with Gasteiger partial charge in [0.15, 0.2) is 6.54 Å². The fourth-order valence-corrected chi connectivity index (χ4v) is 3.59. The van der Waals surface area contributed by atoms with Gasteiger partial charge >= 0.3 is 0 Å². The predicted octanol–water partition coefficient (Wildman–Crippen LogP) is 0.943. The zero-order chi connectivity index (χ0) is 22.2. The molecule has 31 heavy (non-hydrogen) atoms. The van der Waals surface area contributed by atoms with E-state index in [-0.39, 0.29) is 18.4 Å². The molecule has 0 radical (unpaired) electrons. The van der Waals surface area contributed by atoms with Gasteiger partial charge in [-0.2, -0.15) is 0 Å². The number of nitrogens with one attached hydrogen (secondary N) is 2. The van der Waals surface area contributed by atoms with Gasteiger partial charge in [-0.15, -0.1) is 0 Å². The highest BCUT2D eigenvalue weighted by Crippen LogP contribution is 2.19. The number of anilines is 2. The molecule has 1 saturated heterocycles. The first-order valence-electron chi connectivity index (χ1n) is 10.7. The molecule has 7 nitrogen and oxygen atoms in total. The highest BCUT2D eigenvalue weighted by atomic mass is 16.5. The molecule has 1 fully saturated rings. The van der Waals surface area contributed by atoms with E-state index in [1.54, 1.807) is 7.05 Å². The molecule has 2 amide bonds. The first-order chi connectivity index (χ1) is 14.9. The van der Waals surface area contributed by atoms with Crippen LogP contribution in [0.3, 0.4) is 0 Å². The van der Waals surface area contributed by atoms with Crippen LogP contribution in [0.1, 0.15) is 11.1 Å². The Bertz CT molecular complexity index is 861. The van der Waals surface area contributed by atoms with E-state index < -0.39 is 0 Å². The van der Waals surface area contributed by atoms with Gasteiger partial charge in [-0.3, -0.25) is 9.59 Å². The summed E-state index contributed by atoms with van der Waals surface area (Å²) in [6.45, 7) is 6.41. The highest BCUT2D eigenvalue weighted by molar-refractivity contribution is 5.94. The van der Waals surface area contributed by atoms with Crippen molar-refractivity contribution < 1.29 is 19.2 Å². The van der Waals surface area contributed by atoms with Crippen molar-refractivity contribution in [2.75, 3.05) is 63.7 Å². The Morgan fingerprint density at radius 3 is 2.35 bits per heavy atom. The van der Waals surface area contributed by atoms with Crippen molar-refractivity contribution in [1.29, 1.82) is 0 Å². The highest BCUT2D eigenvalue weighted by Gasteiger charge is 2.18. The molecule has 0 aromatic heterocycles. The summed E-state index contributed by atoms with van der Waals surface area (Å²) in [7, 11) is 3.66. The normalized spacial score (nSPS) is 14.7. The summed E-state index contributed by atoms with van der Waals surface area (Å²) in [5.41, 5.74) is 4.26. The summed E-state index contributed by atoms with van der Waals surface area (Å²) in [5, 5.41) is 2.87. The lowest BCUT2D eigenvalue weighted by Gasteiger charge is -2.28. The minimum atomic E-state index is -0.203. The number of morpholine rings is 1. The van der Waals surface area contributed by atoms with E-state index in [9.17, 15) is 9.59 Å². The average Bonchev–Trinajstić information content (AvgIpc) is 2.76. The summed E-state index contributed by atoms with van der Waals surface area (Å²) >= 11 is 0. The Hall–Kier alpha value is -2.90. The zero-order valence-electron chi connectivity index (χ0n) is 18.7. The number of likely N-dealkylation sites (N-methyl/N-ethyl adjacent to an activating group) is 2. The Labute approximate surface area is 184 Å². The molecule has 1 unspecified atom stereocenters. The SMILES string of the molecule is Cc1ccc(C[NH+](C)CC(=O)N(C)CC(=O)Nc2ccc(N3CCOCC3)cc2)cc1. The molecule has 1 atom stereocenters. The smallest absolute Gasteiger partial charge is 0.277 e. The summed E-state index contributed by atoms with van der Waals surface area (Å²) in [4.78, 5) is 29.7. The van der Waals surface area contributed by atoms with Gasteiger partial charge in [-0.05, 0) is 31.2 Å². The first-order valence-corrected chi connectivity index (χ1v) is 10.7. The summed E-state index contributed by atoms with van der Waals surface area (Å²) in [6, 6.07) is 16.1. The summed E-state index contributed by atoms with van der Waals surface area (Å²) < 4.78 is 5.38. The Morgan fingerprint density at radius 1 is 1.06 bits per heavy atom. The van der Waals surface area contributed by atoms with Gasteiger partial charge in [-0.25, -0.2) is 0 Å². The van der Waals surface area contributed by atoms with Crippen molar-refractivity contribution >= 4 is 23.2 Å². The fourth-order valence-electron chi connectivity index (χ4n) is 3.59. The standard InChI is InChI=1S/C24H32N4O3/c1-19-4-6-20(7-5-19)16-26(2)18-24(30)27(3)17-23(29)25-21-8-10-22(11-9-21)28-12-14-31-15-13-28/h4-11H,12-18H2,1-3H3,(H,25,29)/p+1. The fraction of sp³-hybridized carbons (Fsp3) is 0.417. The molecule has 1 aliphatic rings. The van der Waals surface area contributed by atoms with Gasteiger partial charge in [0.25, 0.3) is 5.91 Å². The molecule has 1 heterocycles. The number of ether oxygens (including phenoxy) is 1. The molecule has 3 rings (SSSR count). The number of amides is 2. The van der Waals surface area contributed by atoms with E-state index in [0.29, 0.717) is 6.54 Å². The Balaban J connectivity index is 1.43. The van der Waals surface area contributed by atoms with Crippen molar-refractivity contribution in [1.82, 2.24) is 4.90 Å². The van der Waals surface area contributed by atoms with Gasteiger partial charge in [0, 0.05) is 37.1 Å². The molecule has 7 heteroatoms. The third-order valence-corrected chi connectivity index (χ3v) is 5.41. The quantitative estimate of drug-likeness (QED) is 0.661. The molecule has 1 aliphatic heterocycles. The number of nitrogens with zero attached hydrogens (tertiary/aromatic N) is 2. The summed E-state index contributed by atoms with van der Waals surface area (Å²) in [6.07, 6.45) is 0. The van der Waals surface area contributed by atoms with E-state index in [0.717, 1.165) is 49.1 Å². The van der Waals surface area contributed by atoms with Crippen LogP contribution in [0.5, 0.6) is 0 Å². The summed E-state index contributed by atoms with van der Waals surface area (Å²) in [5.74, 6) is -0.256. The number of rotatable bonds is 8. The first kappa shape index (κ1) is 22.8. The monoisotopic (exact) mass is 425 g/mol. The van der Waals surface area contributed by atoms with Crippen molar-refractivity contribution in [3.8, 4) is 0 Å². The number of hydrogen-bond donors (Lipinski definition) is 2. The number of hydrogen-bond acceptors (Lipinski definition) is 4. The number of aryl methyl sites for hydroxylation is 1. The topological polar surface area (TPSA) is 66.3 Å². The Kier molecular flexibility index (Phi) is 8.03. The van der Waals surface area contributed by atoms with Crippen molar-refractivity contribution in [2.24, 2.45) is 0 Å². The van der Waals surface area contributed by atoms with Gasteiger partial charge in [0.1, 0.15) is 6.54 Å². The van der Waals surface area contributed by atoms with Crippen LogP contribution in [-0.2, 0) is 20.9 Å². The number of quaternary nitrogens is 1. The molecule has 2 N–H and O–H groups in total. The van der Waals surface area contributed by atoms with Crippen LogP contribution in [0.2, 0.25) is 0 Å². The van der Waals surface area contributed by atoms with E-state index >= 15 is 0 Å². The van der Waals surface area contributed by atoms with Crippen LogP contribution >= 0.6 is 0 Å². The van der Waals surface area contributed by atoms with Crippen LogP contribution in [0, 0.1) is 6.92 Å². The molecular formula is C24H33N4O3+. The van der Waals surface area contributed by atoms with Crippen molar-refractivity contribution in [2.45, 2.75) is 13.5 Å². The van der Waals surface area contributed by atoms with Crippen LogP contribution in [-0.4, -0.2) is 70.2 Å². The second-order valence-electron chi connectivity index (χ2n) is 8.24. The molecule has 0 spiro atoms. The number of carbonyl (C=O) groups is 2. The van der Waals surface area contributed by atoms with Gasteiger partial charge in [-0.1, -0.05) is 29.8 Å². The maximum Gasteiger partial charge on any atom is 0.277 e. The van der Waals surface area contributed by atoms with Crippen LogP contribution in [0.15, 0.2) is 48.5 Å². The third-order valence-electron chi connectivity index (χ3n) is 5.41. The lowest BCUT2D eigenvalue weighted by molar-refractivity contribution is -0.885. The van der Waals surface area contributed by atoms with Gasteiger partial charge in [0.2, 0.25) is 5.91 Å². The van der Waals surface area contributed by atoms with E-state index in [4.69, 9.17) is 4.74 Å². The van der Waals surface area contributed by atoms with Crippen molar-refractivity contribution in [3.63, 3.8) is 0 Å². The number of carbonyl (C=O) groups excluding carboxylic acids is 2. The average molecular weight is 426 g/mol. The maximum absolute atomic E-state index is 12.5. The van der Waals surface area contributed by atoms with E-state index in [1.807, 2.05) is 31.3 Å². The molecule has 0 saturated carbocycles. The van der Waals surface area contributed by atoms with E-state index in [2.05, 4.69) is 41.4 Å². The molecule has 2 aromatic carbocycles. The van der Waals surface area contributed by atoms with Crippen LogP contribution in [0.25, 0.3) is 0 Å². The van der Waals surface area contributed by atoms with Crippen LogP contribution < -0.4 is 15.1 Å². The molecule has 2 aromatic rings. The van der Waals surface area contributed by atoms with Gasteiger partial charge < -0.3 is 24.8 Å². The third kappa shape index (κ3) is 7.08. The maximum atomic E-state index is 12.5. The number of benzene rings is 2. The lowest BCUT2D eigenvalue weighted by atomic mass is 10.1. The molecule has 166 valence electrons.